The van der Waals surface area contributed by atoms with E-state index in [1.54, 1.807) is 24.3 Å². The van der Waals surface area contributed by atoms with Crippen LogP contribution in [0.1, 0.15) is 31.2 Å². The largest absolute Gasteiger partial charge is 0.497 e. The predicted molar refractivity (Wildman–Crippen MR) is 105 cm³/mol. The molecule has 1 N–H and O–H groups in total. The summed E-state index contributed by atoms with van der Waals surface area (Å²) in [4.78, 5) is 4.20. The molecule has 9 heteroatoms. The Kier molecular flexibility index (Phi) is 6.56. The lowest BCUT2D eigenvalue weighted by molar-refractivity contribution is 0.138. The highest BCUT2D eigenvalue weighted by atomic mass is 32.2. The van der Waals surface area contributed by atoms with Crippen LogP contribution in [0.5, 0.6) is 17.4 Å². The van der Waals surface area contributed by atoms with Crippen molar-refractivity contribution >= 4 is 10.0 Å². The fourth-order valence-electron chi connectivity index (χ4n) is 3.27. The molecule has 29 heavy (non-hydrogen) atoms. The van der Waals surface area contributed by atoms with E-state index in [-0.39, 0.29) is 22.8 Å². The Labute approximate surface area is 170 Å². The molecule has 0 bridgehead atoms. The number of benzene rings is 1. The Morgan fingerprint density at radius 2 is 1.86 bits per heavy atom. The minimum absolute atomic E-state index is 0.0355. The zero-order valence-corrected chi connectivity index (χ0v) is 17.1. The van der Waals surface area contributed by atoms with Gasteiger partial charge in [-0.15, -0.1) is 0 Å². The van der Waals surface area contributed by atoms with Gasteiger partial charge >= 0.3 is 0 Å². The van der Waals surface area contributed by atoms with E-state index in [4.69, 9.17) is 19.5 Å². The van der Waals surface area contributed by atoms with Crippen LogP contribution >= 0.6 is 0 Å². The molecule has 154 valence electrons. The van der Waals surface area contributed by atoms with Crippen molar-refractivity contribution in [3.8, 4) is 23.4 Å². The van der Waals surface area contributed by atoms with Gasteiger partial charge in [0.25, 0.3) is 0 Å². The number of nitrogens with one attached hydrogen (secondary N) is 1. The van der Waals surface area contributed by atoms with Crippen molar-refractivity contribution in [2.24, 2.45) is 0 Å². The predicted octanol–water partition coefficient (Wildman–Crippen LogP) is 2.64. The van der Waals surface area contributed by atoms with E-state index in [1.165, 1.54) is 26.5 Å². The van der Waals surface area contributed by atoms with Crippen LogP contribution in [-0.2, 0) is 10.0 Å². The molecule has 8 nitrogen and oxygen atoms in total. The second-order valence-corrected chi connectivity index (χ2v) is 8.41. The zero-order chi connectivity index (χ0) is 20.9. The molecule has 0 atom stereocenters. The summed E-state index contributed by atoms with van der Waals surface area (Å²) in [7, 11) is -0.793. The molecule has 0 aliphatic heterocycles. The fourth-order valence-corrected chi connectivity index (χ4v) is 4.72. The first kappa shape index (κ1) is 20.9. The Morgan fingerprint density at radius 3 is 2.45 bits per heavy atom. The van der Waals surface area contributed by atoms with Gasteiger partial charge in [0.05, 0.1) is 19.8 Å². The van der Waals surface area contributed by atoms with Crippen LogP contribution in [-0.4, -0.2) is 39.8 Å². The second kappa shape index (κ2) is 9.11. The summed E-state index contributed by atoms with van der Waals surface area (Å²) >= 11 is 0. The van der Waals surface area contributed by atoms with E-state index >= 15 is 0 Å². The van der Waals surface area contributed by atoms with E-state index in [9.17, 15) is 8.42 Å². The van der Waals surface area contributed by atoms with E-state index < -0.39 is 10.0 Å². The maximum atomic E-state index is 12.8. The number of sulfonamides is 1. The van der Waals surface area contributed by atoms with Gasteiger partial charge in [-0.3, -0.25) is 0 Å². The van der Waals surface area contributed by atoms with Crippen LogP contribution in [0.25, 0.3) is 0 Å². The molecule has 0 saturated heterocycles. The van der Waals surface area contributed by atoms with Gasteiger partial charge in [-0.05, 0) is 43.9 Å². The number of nitriles is 1. The summed E-state index contributed by atoms with van der Waals surface area (Å²) < 4.78 is 44.6. The maximum Gasteiger partial charge on any atom is 0.244 e. The highest BCUT2D eigenvalue weighted by Crippen LogP contribution is 2.30. The summed E-state index contributed by atoms with van der Waals surface area (Å²) in [5, 5.41) is 8.81. The average molecular weight is 417 g/mol. The topological polar surface area (TPSA) is 111 Å². The van der Waals surface area contributed by atoms with Crippen molar-refractivity contribution in [1.82, 2.24) is 9.71 Å². The highest BCUT2D eigenvalue weighted by molar-refractivity contribution is 7.89. The molecule has 0 unspecified atom stereocenters. The SMILES string of the molecule is COc1ccc(S(=O)(=O)NC2CCC(Oc3ccc(C#N)cn3)CC2)c(OC)c1. The Bertz CT molecular complexity index is 978. The van der Waals surface area contributed by atoms with E-state index in [1.807, 2.05) is 6.07 Å². The zero-order valence-electron chi connectivity index (χ0n) is 16.3. The summed E-state index contributed by atoms with van der Waals surface area (Å²) in [6, 6.07) is 9.77. The first-order valence-corrected chi connectivity index (χ1v) is 10.7. The van der Waals surface area contributed by atoms with Gasteiger partial charge in [-0.25, -0.2) is 18.1 Å². The van der Waals surface area contributed by atoms with Gasteiger partial charge < -0.3 is 14.2 Å². The fraction of sp³-hybridized carbons (Fsp3) is 0.400. The first-order valence-electron chi connectivity index (χ1n) is 9.22. The minimum atomic E-state index is -3.73. The normalized spacial score (nSPS) is 19.2. The quantitative estimate of drug-likeness (QED) is 0.737. The van der Waals surface area contributed by atoms with Crippen molar-refractivity contribution in [3.63, 3.8) is 0 Å². The van der Waals surface area contributed by atoms with E-state index in [0.717, 1.165) is 0 Å². The number of aromatic nitrogens is 1. The van der Waals surface area contributed by atoms with Gasteiger partial charge in [-0.2, -0.15) is 5.26 Å². The number of hydrogen-bond acceptors (Lipinski definition) is 7. The number of rotatable bonds is 7. The number of nitrogens with zero attached hydrogens (tertiary/aromatic N) is 2. The molecule has 1 aromatic carbocycles. The van der Waals surface area contributed by atoms with Crippen LogP contribution in [0.15, 0.2) is 41.4 Å². The Balaban J connectivity index is 1.59. The van der Waals surface area contributed by atoms with Crippen molar-refractivity contribution in [2.45, 2.75) is 42.7 Å². The first-order chi connectivity index (χ1) is 13.9. The van der Waals surface area contributed by atoms with Crippen molar-refractivity contribution < 1.29 is 22.6 Å². The monoisotopic (exact) mass is 417 g/mol. The van der Waals surface area contributed by atoms with Crippen LogP contribution in [0.3, 0.4) is 0 Å². The van der Waals surface area contributed by atoms with E-state index in [2.05, 4.69) is 9.71 Å². The van der Waals surface area contributed by atoms with Crippen molar-refractivity contribution in [1.29, 1.82) is 5.26 Å². The molecular formula is C20H23N3O5S. The molecule has 2 aromatic rings. The smallest absolute Gasteiger partial charge is 0.244 e. The number of hydrogen-bond donors (Lipinski definition) is 1. The van der Waals surface area contributed by atoms with Crippen LogP contribution in [0, 0.1) is 11.3 Å². The number of methoxy groups -OCH3 is 2. The van der Waals surface area contributed by atoms with Gasteiger partial charge in [-0.1, -0.05) is 0 Å². The van der Waals surface area contributed by atoms with E-state index in [0.29, 0.717) is 42.9 Å². The number of pyridine rings is 1. The average Bonchev–Trinajstić information content (AvgIpc) is 2.75. The Hall–Kier alpha value is -2.83. The molecule has 1 aliphatic carbocycles. The minimum Gasteiger partial charge on any atom is -0.497 e. The lowest BCUT2D eigenvalue weighted by Crippen LogP contribution is -2.39. The summed E-state index contributed by atoms with van der Waals surface area (Å²) in [6.45, 7) is 0. The third kappa shape index (κ3) is 5.16. The maximum absolute atomic E-state index is 12.8. The van der Waals surface area contributed by atoms with Gasteiger partial charge in [0.1, 0.15) is 28.6 Å². The molecule has 0 spiro atoms. The molecule has 0 amide bonds. The van der Waals surface area contributed by atoms with Crippen LogP contribution < -0.4 is 18.9 Å². The third-order valence-corrected chi connectivity index (χ3v) is 6.37. The van der Waals surface area contributed by atoms with Crippen LogP contribution in [0.2, 0.25) is 0 Å². The van der Waals surface area contributed by atoms with Crippen LogP contribution in [0.4, 0.5) is 0 Å². The standard InChI is InChI=1S/C20H23N3O5S/c1-26-17-8-9-19(18(11-17)27-2)29(24,25)23-15-4-6-16(7-5-15)28-20-10-3-14(12-21)13-22-20/h3,8-11,13,15-16,23H,4-7H2,1-2H3. The lowest BCUT2D eigenvalue weighted by atomic mass is 9.94. The molecule has 0 radical (unpaired) electrons. The molecule has 1 aliphatic rings. The van der Waals surface area contributed by atoms with Crippen molar-refractivity contribution in [2.75, 3.05) is 14.2 Å². The van der Waals surface area contributed by atoms with Gasteiger partial charge in [0, 0.05) is 24.4 Å². The molecule has 1 fully saturated rings. The Morgan fingerprint density at radius 1 is 1.10 bits per heavy atom. The lowest BCUT2D eigenvalue weighted by Gasteiger charge is -2.29. The highest BCUT2D eigenvalue weighted by Gasteiger charge is 2.28. The van der Waals surface area contributed by atoms with Gasteiger partial charge in [0.15, 0.2) is 0 Å². The van der Waals surface area contributed by atoms with Crippen molar-refractivity contribution in [3.05, 3.63) is 42.1 Å². The molecular weight excluding hydrogens is 394 g/mol. The number of ether oxygens (including phenoxy) is 3. The van der Waals surface area contributed by atoms with Gasteiger partial charge in [0.2, 0.25) is 15.9 Å². The molecule has 1 saturated carbocycles. The molecule has 1 aromatic heterocycles. The molecule has 3 rings (SSSR count). The third-order valence-electron chi connectivity index (χ3n) is 4.81. The molecule has 1 heterocycles. The second-order valence-electron chi connectivity index (χ2n) is 6.73. The summed E-state index contributed by atoms with van der Waals surface area (Å²) in [6.07, 6.45) is 4.14. The summed E-state index contributed by atoms with van der Waals surface area (Å²) in [5.41, 5.74) is 0.476. The summed E-state index contributed by atoms with van der Waals surface area (Å²) in [5.74, 6) is 1.23.